The highest BCUT2D eigenvalue weighted by Gasteiger charge is 2.07. The van der Waals surface area contributed by atoms with E-state index in [0.717, 1.165) is 16.5 Å². The van der Waals surface area contributed by atoms with E-state index in [1.54, 1.807) is 18.5 Å². The van der Waals surface area contributed by atoms with Gasteiger partial charge in [-0.3, -0.25) is 4.98 Å². The minimum absolute atomic E-state index is 0.352. The van der Waals surface area contributed by atoms with Gasteiger partial charge in [-0.1, -0.05) is 11.6 Å². The summed E-state index contributed by atoms with van der Waals surface area (Å²) in [5.74, 6) is -0.352. The van der Waals surface area contributed by atoms with Crippen LogP contribution in [0.3, 0.4) is 0 Å². The summed E-state index contributed by atoms with van der Waals surface area (Å²) in [6.07, 6.45) is 3.39. The molecule has 1 heterocycles. The average molecular weight is 288 g/mol. The number of hydrogen-bond donors (Lipinski definition) is 2. The van der Waals surface area contributed by atoms with Crippen molar-refractivity contribution in [3.8, 4) is 0 Å². The summed E-state index contributed by atoms with van der Waals surface area (Å²) >= 11 is 6.06. The first-order chi connectivity index (χ1) is 9.65. The summed E-state index contributed by atoms with van der Waals surface area (Å²) in [6.45, 7) is 0. The summed E-state index contributed by atoms with van der Waals surface area (Å²) in [4.78, 5) is 4.09. The third-order valence-electron chi connectivity index (χ3n) is 3.05. The number of anilines is 3. The molecule has 5 heteroatoms. The number of nitrogens with zero attached hydrogens (tertiary/aromatic N) is 1. The van der Waals surface area contributed by atoms with Crippen LogP contribution in [-0.2, 0) is 0 Å². The van der Waals surface area contributed by atoms with Gasteiger partial charge in [-0.05, 0) is 36.4 Å². The van der Waals surface area contributed by atoms with E-state index in [9.17, 15) is 4.39 Å². The summed E-state index contributed by atoms with van der Waals surface area (Å²) in [6, 6.07) is 9.62. The minimum Gasteiger partial charge on any atom is -0.398 e. The number of hydrogen-bond acceptors (Lipinski definition) is 3. The second-order valence-electron chi connectivity index (χ2n) is 4.37. The Labute approximate surface area is 120 Å². The topological polar surface area (TPSA) is 50.9 Å². The van der Waals surface area contributed by atoms with Gasteiger partial charge in [0.05, 0.1) is 10.7 Å². The number of fused-ring (bicyclic) bond motifs is 1. The fourth-order valence-corrected chi connectivity index (χ4v) is 2.23. The second-order valence-corrected chi connectivity index (χ2v) is 4.78. The third-order valence-corrected chi connectivity index (χ3v) is 3.38. The number of nitrogen functional groups attached to an aromatic ring is 1. The molecule has 0 unspecified atom stereocenters. The van der Waals surface area contributed by atoms with Crippen molar-refractivity contribution in [2.45, 2.75) is 0 Å². The Morgan fingerprint density at radius 1 is 1.05 bits per heavy atom. The van der Waals surface area contributed by atoms with E-state index in [1.807, 2.05) is 12.1 Å². The zero-order chi connectivity index (χ0) is 14.1. The maximum absolute atomic E-state index is 13.3. The lowest BCUT2D eigenvalue weighted by atomic mass is 10.1. The lowest BCUT2D eigenvalue weighted by Gasteiger charge is -2.12. The standard InChI is InChI=1S/C15H11ClFN3/c16-12-2-1-9(17)7-15(12)20-14-4-3-13(18)10-5-6-19-8-11(10)14/h1-8,20H,18H2. The van der Waals surface area contributed by atoms with Crippen LogP contribution in [0.4, 0.5) is 21.5 Å². The van der Waals surface area contributed by atoms with E-state index in [2.05, 4.69) is 10.3 Å². The van der Waals surface area contributed by atoms with Crippen molar-refractivity contribution in [2.75, 3.05) is 11.1 Å². The number of nitrogens with two attached hydrogens (primary N) is 1. The molecule has 3 rings (SSSR count). The van der Waals surface area contributed by atoms with Crippen molar-refractivity contribution in [1.29, 1.82) is 0 Å². The largest absolute Gasteiger partial charge is 0.398 e. The van der Waals surface area contributed by atoms with Gasteiger partial charge in [0, 0.05) is 34.5 Å². The normalized spacial score (nSPS) is 10.7. The molecule has 0 spiro atoms. The highest BCUT2D eigenvalue weighted by atomic mass is 35.5. The van der Waals surface area contributed by atoms with E-state index >= 15 is 0 Å². The first-order valence-corrected chi connectivity index (χ1v) is 6.37. The smallest absolute Gasteiger partial charge is 0.125 e. The molecule has 0 aliphatic heterocycles. The molecule has 0 saturated heterocycles. The van der Waals surface area contributed by atoms with Crippen molar-refractivity contribution >= 4 is 39.4 Å². The third kappa shape index (κ3) is 2.26. The van der Waals surface area contributed by atoms with Crippen molar-refractivity contribution in [1.82, 2.24) is 4.98 Å². The molecular formula is C15H11ClFN3. The van der Waals surface area contributed by atoms with Crippen molar-refractivity contribution in [3.05, 3.63) is 59.6 Å². The number of aromatic nitrogens is 1. The molecule has 0 amide bonds. The van der Waals surface area contributed by atoms with Gasteiger partial charge in [0.25, 0.3) is 0 Å². The second kappa shape index (κ2) is 4.98. The maximum atomic E-state index is 13.3. The fraction of sp³-hybridized carbons (Fsp3) is 0. The van der Waals surface area contributed by atoms with Crippen LogP contribution in [0.15, 0.2) is 48.8 Å². The Balaban J connectivity index is 2.11. The van der Waals surface area contributed by atoms with Gasteiger partial charge in [0.2, 0.25) is 0 Å². The van der Waals surface area contributed by atoms with E-state index in [1.165, 1.54) is 18.2 Å². The monoisotopic (exact) mass is 287 g/mol. The number of rotatable bonds is 2. The van der Waals surface area contributed by atoms with E-state index in [4.69, 9.17) is 17.3 Å². The molecule has 0 fully saturated rings. The van der Waals surface area contributed by atoms with Crippen molar-refractivity contribution in [2.24, 2.45) is 0 Å². The van der Waals surface area contributed by atoms with Crippen LogP contribution >= 0.6 is 11.6 Å². The van der Waals surface area contributed by atoms with Gasteiger partial charge >= 0.3 is 0 Å². The van der Waals surface area contributed by atoms with E-state index in [-0.39, 0.29) is 5.82 Å². The number of pyridine rings is 1. The van der Waals surface area contributed by atoms with Crippen LogP contribution in [0.1, 0.15) is 0 Å². The SMILES string of the molecule is Nc1ccc(Nc2cc(F)ccc2Cl)c2cnccc12. The Morgan fingerprint density at radius 2 is 1.90 bits per heavy atom. The Hall–Kier alpha value is -2.33. The first kappa shape index (κ1) is 12.7. The number of nitrogens with one attached hydrogen (secondary N) is 1. The minimum atomic E-state index is -0.352. The van der Waals surface area contributed by atoms with E-state index in [0.29, 0.717) is 16.4 Å². The zero-order valence-corrected chi connectivity index (χ0v) is 11.2. The van der Waals surface area contributed by atoms with Crippen LogP contribution < -0.4 is 11.1 Å². The van der Waals surface area contributed by atoms with Gasteiger partial charge in [0.1, 0.15) is 5.82 Å². The number of benzene rings is 2. The summed E-state index contributed by atoms with van der Waals surface area (Å²) < 4.78 is 13.3. The van der Waals surface area contributed by atoms with Crippen LogP contribution in [0, 0.1) is 5.82 Å². The molecule has 0 aliphatic rings. The molecule has 3 nitrogen and oxygen atoms in total. The predicted molar refractivity (Wildman–Crippen MR) is 80.8 cm³/mol. The lowest BCUT2D eigenvalue weighted by molar-refractivity contribution is 0.628. The van der Waals surface area contributed by atoms with Gasteiger partial charge in [-0.2, -0.15) is 0 Å². The van der Waals surface area contributed by atoms with Crippen LogP contribution in [0.5, 0.6) is 0 Å². The predicted octanol–water partition coefficient (Wildman–Crippen LogP) is 4.35. The maximum Gasteiger partial charge on any atom is 0.125 e. The molecule has 20 heavy (non-hydrogen) atoms. The quantitative estimate of drug-likeness (QED) is 0.689. The molecule has 0 radical (unpaired) electrons. The van der Waals surface area contributed by atoms with Crippen LogP contribution in [-0.4, -0.2) is 4.98 Å². The van der Waals surface area contributed by atoms with Gasteiger partial charge in [0.15, 0.2) is 0 Å². The molecule has 0 bridgehead atoms. The van der Waals surface area contributed by atoms with Crippen LogP contribution in [0.25, 0.3) is 10.8 Å². The Morgan fingerprint density at radius 3 is 2.75 bits per heavy atom. The molecule has 2 aromatic carbocycles. The molecule has 1 aromatic heterocycles. The van der Waals surface area contributed by atoms with Crippen molar-refractivity contribution < 1.29 is 4.39 Å². The van der Waals surface area contributed by atoms with Crippen LogP contribution in [0.2, 0.25) is 5.02 Å². The lowest BCUT2D eigenvalue weighted by Crippen LogP contribution is -1.96. The highest BCUT2D eigenvalue weighted by Crippen LogP contribution is 2.32. The summed E-state index contributed by atoms with van der Waals surface area (Å²) in [5.41, 5.74) is 7.87. The molecule has 0 atom stereocenters. The zero-order valence-electron chi connectivity index (χ0n) is 10.4. The van der Waals surface area contributed by atoms with E-state index < -0.39 is 0 Å². The number of halogens is 2. The molecule has 3 N–H and O–H groups in total. The Bertz CT molecular complexity index is 789. The van der Waals surface area contributed by atoms with Gasteiger partial charge < -0.3 is 11.1 Å². The Kier molecular flexibility index (Phi) is 3.16. The molecule has 3 aromatic rings. The fourth-order valence-electron chi connectivity index (χ4n) is 2.06. The molecular weight excluding hydrogens is 277 g/mol. The highest BCUT2D eigenvalue weighted by molar-refractivity contribution is 6.33. The molecule has 100 valence electrons. The first-order valence-electron chi connectivity index (χ1n) is 5.99. The summed E-state index contributed by atoms with van der Waals surface area (Å²) in [7, 11) is 0. The van der Waals surface area contributed by atoms with Crippen molar-refractivity contribution in [3.63, 3.8) is 0 Å². The average Bonchev–Trinajstić information content (AvgIpc) is 2.46. The molecule has 0 aliphatic carbocycles. The van der Waals surface area contributed by atoms with Gasteiger partial charge in [-0.25, -0.2) is 4.39 Å². The summed E-state index contributed by atoms with van der Waals surface area (Å²) in [5, 5.41) is 5.30. The molecule has 0 saturated carbocycles. The van der Waals surface area contributed by atoms with Gasteiger partial charge in [-0.15, -0.1) is 0 Å².